The first-order valence-electron chi connectivity index (χ1n) is 6.44. The topological polar surface area (TPSA) is 72.4 Å². The lowest BCUT2D eigenvalue weighted by molar-refractivity contribution is -0.132. The summed E-state index contributed by atoms with van der Waals surface area (Å²) in [4.78, 5) is 14.1. The summed E-state index contributed by atoms with van der Waals surface area (Å²) in [6.07, 6.45) is 1.26. The molecule has 100 valence electrons. The van der Waals surface area contributed by atoms with Crippen molar-refractivity contribution < 1.29 is 9.32 Å². The standard InChI is InChI=1S/C13H21N3O2/c1-8-7-16(5-4-12(8)14)13(17)6-11-9(2)15-18-10(11)3/h8,12H,4-7,14H2,1-3H3. The molecule has 2 heterocycles. The van der Waals surface area contributed by atoms with Gasteiger partial charge in [-0.15, -0.1) is 0 Å². The zero-order chi connectivity index (χ0) is 13.3. The average Bonchev–Trinajstić information content (AvgIpc) is 2.64. The van der Waals surface area contributed by atoms with Crippen LogP contribution in [0.5, 0.6) is 0 Å². The highest BCUT2D eigenvalue weighted by Gasteiger charge is 2.27. The SMILES string of the molecule is Cc1noc(C)c1CC(=O)N1CCC(N)C(C)C1. The normalized spacial score (nSPS) is 24.3. The molecule has 2 N–H and O–H groups in total. The second kappa shape index (κ2) is 5.10. The Hall–Kier alpha value is -1.36. The number of nitrogens with two attached hydrogens (primary N) is 1. The number of carbonyl (C=O) groups is 1. The van der Waals surface area contributed by atoms with Gasteiger partial charge in [0.1, 0.15) is 5.76 Å². The van der Waals surface area contributed by atoms with Crippen molar-refractivity contribution in [3.8, 4) is 0 Å². The molecule has 2 unspecified atom stereocenters. The van der Waals surface area contributed by atoms with Crippen molar-refractivity contribution in [2.75, 3.05) is 13.1 Å². The van der Waals surface area contributed by atoms with Crippen LogP contribution < -0.4 is 5.73 Å². The maximum absolute atomic E-state index is 12.2. The number of aromatic nitrogens is 1. The van der Waals surface area contributed by atoms with Crippen LogP contribution in [0.25, 0.3) is 0 Å². The molecule has 1 saturated heterocycles. The largest absolute Gasteiger partial charge is 0.361 e. The molecule has 1 aliphatic rings. The van der Waals surface area contributed by atoms with Crippen molar-refractivity contribution in [3.05, 3.63) is 17.0 Å². The number of carbonyl (C=O) groups excluding carboxylic acids is 1. The molecular weight excluding hydrogens is 230 g/mol. The molecule has 1 aromatic heterocycles. The van der Waals surface area contributed by atoms with Gasteiger partial charge >= 0.3 is 0 Å². The number of aryl methyl sites for hydroxylation is 2. The lowest BCUT2D eigenvalue weighted by Crippen LogP contribution is -2.48. The first-order valence-corrected chi connectivity index (χ1v) is 6.44. The summed E-state index contributed by atoms with van der Waals surface area (Å²) in [5.41, 5.74) is 7.69. The first-order chi connectivity index (χ1) is 8.49. The summed E-state index contributed by atoms with van der Waals surface area (Å²) in [6, 6.07) is 0.216. The summed E-state index contributed by atoms with van der Waals surface area (Å²) in [5.74, 6) is 1.25. The van der Waals surface area contributed by atoms with Crippen LogP contribution in [0.1, 0.15) is 30.4 Å². The van der Waals surface area contributed by atoms with Crippen molar-refractivity contribution in [1.29, 1.82) is 0 Å². The van der Waals surface area contributed by atoms with E-state index in [1.165, 1.54) is 0 Å². The molecule has 1 fully saturated rings. The van der Waals surface area contributed by atoms with Crippen LogP contribution in [0.3, 0.4) is 0 Å². The number of hydrogen-bond acceptors (Lipinski definition) is 4. The minimum atomic E-state index is 0.142. The summed E-state index contributed by atoms with van der Waals surface area (Å²) in [7, 11) is 0. The van der Waals surface area contributed by atoms with Gasteiger partial charge in [0, 0.05) is 24.7 Å². The smallest absolute Gasteiger partial charge is 0.227 e. The van der Waals surface area contributed by atoms with Crippen LogP contribution in [-0.4, -0.2) is 35.1 Å². The molecule has 5 heteroatoms. The van der Waals surface area contributed by atoms with Crippen LogP contribution in [-0.2, 0) is 11.2 Å². The average molecular weight is 251 g/mol. The van der Waals surface area contributed by atoms with Gasteiger partial charge in [0.15, 0.2) is 0 Å². The number of likely N-dealkylation sites (tertiary alicyclic amines) is 1. The Labute approximate surface area is 107 Å². The minimum absolute atomic E-state index is 0.142. The number of amides is 1. The van der Waals surface area contributed by atoms with Gasteiger partial charge in [0.2, 0.25) is 5.91 Å². The van der Waals surface area contributed by atoms with E-state index in [0.717, 1.165) is 36.5 Å². The van der Waals surface area contributed by atoms with Gasteiger partial charge in [-0.3, -0.25) is 4.79 Å². The molecule has 0 bridgehead atoms. The van der Waals surface area contributed by atoms with Gasteiger partial charge in [-0.25, -0.2) is 0 Å². The van der Waals surface area contributed by atoms with Crippen molar-refractivity contribution >= 4 is 5.91 Å². The predicted molar refractivity (Wildman–Crippen MR) is 68.0 cm³/mol. The summed E-state index contributed by atoms with van der Waals surface area (Å²) in [5, 5.41) is 3.88. The minimum Gasteiger partial charge on any atom is -0.361 e. The molecule has 5 nitrogen and oxygen atoms in total. The van der Waals surface area contributed by atoms with Crippen LogP contribution in [0, 0.1) is 19.8 Å². The number of piperidine rings is 1. The van der Waals surface area contributed by atoms with Crippen molar-refractivity contribution in [1.82, 2.24) is 10.1 Å². The quantitative estimate of drug-likeness (QED) is 0.852. The molecular formula is C13H21N3O2. The highest BCUT2D eigenvalue weighted by atomic mass is 16.5. The fourth-order valence-electron chi connectivity index (χ4n) is 2.41. The van der Waals surface area contributed by atoms with Crippen molar-refractivity contribution in [2.45, 2.75) is 39.7 Å². The van der Waals surface area contributed by atoms with Crippen LogP contribution in [0.15, 0.2) is 4.52 Å². The fourth-order valence-corrected chi connectivity index (χ4v) is 2.41. The van der Waals surface area contributed by atoms with Crippen molar-refractivity contribution in [2.24, 2.45) is 11.7 Å². The van der Waals surface area contributed by atoms with Gasteiger partial charge in [-0.2, -0.15) is 0 Å². The van der Waals surface area contributed by atoms with E-state index in [4.69, 9.17) is 10.3 Å². The molecule has 1 amide bonds. The second-order valence-corrected chi connectivity index (χ2v) is 5.25. The van der Waals surface area contributed by atoms with E-state index >= 15 is 0 Å². The number of nitrogens with zero attached hydrogens (tertiary/aromatic N) is 2. The highest BCUT2D eigenvalue weighted by molar-refractivity contribution is 5.79. The Bertz CT molecular complexity index is 422. The highest BCUT2D eigenvalue weighted by Crippen LogP contribution is 2.18. The molecule has 2 atom stereocenters. The molecule has 0 aliphatic carbocycles. The molecule has 18 heavy (non-hydrogen) atoms. The Morgan fingerprint density at radius 3 is 2.83 bits per heavy atom. The third-order valence-corrected chi connectivity index (χ3v) is 3.83. The maximum Gasteiger partial charge on any atom is 0.227 e. The van der Waals surface area contributed by atoms with E-state index in [-0.39, 0.29) is 11.9 Å². The molecule has 0 spiro atoms. The zero-order valence-corrected chi connectivity index (χ0v) is 11.3. The Balaban J connectivity index is 2.01. The Morgan fingerprint density at radius 1 is 1.56 bits per heavy atom. The van der Waals surface area contributed by atoms with Gasteiger partial charge in [0.05, 0.1) is 12.1 Å². The van der Waals surface area contributed by atoms with Gasteiger partial charge in [0.25, 0.3) is 0 Å². The van der Waals surface area contributed by atoms with E-state index < -0.39 is 0 Å². The maximum atomic E-state index is 12.2. The molecule has 0 saturated carbocycles. The molecule has 1 aliphatic heterocycles. The van der Waals surface area contributed by atoms with E-state index in [2.05, 4.69) is 12.1 Å². The molecule has 0 radical (unpaired) electrons. The summed E-state index contributed by atoms with van der Waals surface area (Å²) < 4.78 is 5.08. The van der Waals surface area contributed by atoms with Crippen LogP contribution >= 0.6 is 0 Å². The van der Waals surface area contributed by atoms with Gasteiger partial charge in [-0.1, -0.05) is 12.1 Å². The van der Waals surface area contributed by atoms with Crippen LogP contribution in [0.4, 0.5) is 0 Å². The van der Waals surface area contributed by atoms with E-state index in [1.54, 1.807) is 0 Å². The number of rotatable bonds is 2. The first kappa shape index (κ1) is 13.1. The van der Waals surface area contributed by atoms with E-state index in [1.807, 2.05) is 18.7 Å². The van der Waals surface area contributed by atoms with E-state index in [0.29, 0.717) is 12.3 Å². The fraction of sp³-hybridized carbons (Fsp3) is 0.692. The van der Waals surface area contributed by atoms with Gasteiger partial charge in [-0.05, 0) is 26.2 Å². The lowest BCUT2D eigenvalue weighted by Gasteiger charge is -2.35. The third kappa shape index (κ3) is 2.56. The van der Waals surface area contributed by atoms with Gasteiger partial charge < -0.3 is 15.2 Å². The monoisotopic (exact) mass is 251 g/mol. The molecule has 0 aromatic carbocycles. The van der Waals surface area contributed by atoms with Crippen LogP contribution in [0.2, 0.25) is 0 Å². The Morgan fingerprint density at radius 2 is 2.28 bits per heavy atom. The van der Waals surface area contributed by atoms with E-state index in [9.17, 15) is 4.79 Å². The molecule has 2 rings (SSSR count). The second-order valence-electron chi connectivity index (χ2n) is 5.25. The molecule has 1 aromatic rings. The zero-order valence-electron chi connectivity index (χ0n) is 11.3. The third-order valence-electron chi connectivity index (χ3n) is 3.83. The summed E-state index contributed by atoms with van der Waals surface area (Å²) in [6.45, 7) is 7.32. The van der Waals surface area contributed by atoms with Crippen molar-refractivity contribution in [3.63, 3.8) is 0 Å². The summed E-state index contributed by atoms with van der Waals surface area (Å²) >= 11 is 0. The lowest BCUT2D eigenvalue weighted by atomic mass is 9.94. The Kier molecular flexibility index (Phi) is 3.71. The predicted octanol–water partition coefficient (Wildman–Crippen LogP) is 1.03. The number of hydrogen-bond donors (Lipinski definition) is 1.